The highest BCUT2D eigenvalue weighted by Crippen LogP contribution is 2.45. The van der Waals surface area contributed by atoms with Gasteiger partial charge >= 0.3 is 22.4 Å². The molecule has 23 heteroatoms. The van der Waals surface area contributed by atoms with Crippen LogP contribution in [0.25, 0.3) is 33.4 Å². The molecule has 2 unspecified atom stereocenters. The fourth-order valence-electron chi connectivity index (χ4n) is 12.3. The molecule has 414 valence electrons. The van der Waals surface area contributed by atoms with E-state index in [2.05, 4.69) is 67.6 Å². The number of rotatable bonds is 14. The summed E-state index contributed by atoms with van der Waals surface area (Å²) in [5.74, 6) is -1.52. The number of amides is 4. The summed E-state index contributed by atoms with van der Waals surface area (Å²) in [4.78, 5) is 56.3. The Labute approximate surface area is 469 Å². The molecule has 0 radical (unpaired) electrons. The third-order valence-electron chi connectivity index (χ3n) is 16.2. The van der Waals surface area contributed by atoms with E-state index in [0.717, 1.165) is 69.8 Å². The molecule has 4 N–H and O–H groups in total. The number of para-hydroxylation sites is 2. The van der Waals surface area contributed by atoms with Crippen molar-refractivity contribution < 1.29 is 64.0 Å². The van der Waals surface area contributed by atoms with E-state index in [0.29, 0.717) is 38.9 Å². The lowest BCUT2D eigenvalue weighted by Crippen LogP contribution is -3.18. The van der Waals surface area contributed by atoms with Crippen molar-refractivity contribution in [1.29, 1.82) is 0 Å². The maximum absolute atomic E-state index is 15.0. The minimum atomic E-state index is -4.98. The number of ether oxygens (including phenoxy) is 1. The van der Waals surface area contributed by atoms with Crippen molar-refractivity contribution in [2.24, 2.45) is 0 Å². The lowest BCUT2D eigenvalue weighted by molar-refractivity contribution is -0.830. The monoisotopic (exact) mass is 1150 g/mol. The van der Waals surface area contributed by atoms with E-state index in [-0.39, 0.29) is 53.8 Å². The van der Waals surface area contributed by atoms with Crippen molar-refractivity contribution in [1.82, 2.24) is 24.2 Å². The van der Waals surface area contributed by atoms with Gasteiger partial charge in [0, 0.05) is 102 Å². The smallest absolute Gasteiger partial charge is 0.443 e. The summed E-state index contributed by atoms with van der Waals surface area (Å²) in [5.41, 5.74) is 9.14. The van der Waals surface area contributed by atoms with Gasteiger partial charge in [-0.15, -0.1) is 21.1 Å². The number of carbonyl (C=O) groups is 4. The number of anilines is 2. The minimum Gasteiger partial charge on any atom is -0.489 e. The molecule has 3 fully saturated rings. The number of carboxylic acid groups (broad SMARTS) is 1. The molecule has 3 saturated heterocycles. The Hall–Kier alpha value is -7.90. The van der Waals surface area contributed by atoms with Crippen LogP contribution in [0.4, 0.5) is 21.9 Å². The Kier molecular flexibility index (Phi) is 13.1. The van der Waals surface area contributed by atoms with Gasteiger partial charge in [0.2, 0.25) is 21.1 Å². The fraction of sp³-hybridized carbons (Fsp3) is 0.259. The molecular formula is C58H53N7O13S3+2. The van der Waals surface area contributed by atoms with Gasteiger partial charge in [0.25, 0.3) is 11.8 Å². The molecule has 7 aliphatic heterocycles. The van der Waals surface area contributed by atoms with Gasteiger partial charge in [-0.1, -0.05) is 66.7 Å². The van der Waals surface area contributed by atoms with Crippen LogP contribution in [0.3, 0.4) is 0 Å². The van der Waals surface area contributed by atoms with E-state index in [1.54, 1.807) is 36.4 Å². The number of aliphatic carboxylic acids is 1. The molecule has 5 atom stereocenters. The number of quaternary nitrogens is 1. The molecule has 8 aliphatic rings. The highest BCUT2D eigenvalue weighted by atomic mass is 32.3. The minimum absolute atomic E-state index is 0.00282. The van der Waals surface area contributed by atoms with Gasteiger partial charge in [-0.25, -0.2) is 22.9 Å². The number of benzene rings is 6. The van der Waals surface area contributed by atoms with E-state index < -0.39 is 67.7 Å². The Balaban J connectivity index is 0.725. The summed E-state index contributed by atoms with van der Waals surface area (Å²) < 4.78 is 82.7. The number of hydrogen-bond donors (Lipinski definition) is 4. The first kappa shape index (κ1) is 52.5. The van der Waals surface area contributed by atoms with Crippen LogP contribution in [0.2, 0.25) is 0 Å². The molecule has 2 bridgehead atoms. The Morgan fingerprint density at radius 2 is 1.64 bits per heavy atom. The van der Waals surface area contributed by atoms with Crippen LogP contribution < -0.4 is 29.8 Å². The SMILES string of the molecule is CN(Cc1ccc(OCC2=C(C(=O)O)N3C(=O)[C@@H](NC(=O)C4CC[C@H]5C[NH+]4C(=O)N5OS(=O)(=O)O)[C@H]3SC2)cc1)S(=O)(=O)c1ccccc1-c1c2ccc(=[N+]3CCc4ccccc43)cc-2oc2cc(N3CCc4ccccc43)ccc12. The first-order valence-electron chi connectivity index (χ1n) is 26.4. The van der Waals surface area contributed by atoms with Crippen LogP contribution in [0.15, 0.2) is 154 Å². The van der Waals surface area contributed by atoms with Crippen LogP contribution in [-0.2, 0) is 58.5 Å². The molecular weight excluding hydrogens is 1100 g/mol. The number of nitrogens with one attached hydrogen (secondary N) is 2. The predicted molar refractivity (Wildman–Crippen MR) is 298 cm³/mol. The molecule has 0 saturated carbocycles. The number of hydrogen-bond acceptors (Lipinski definition) is 13. The Morgan fingerprint density at radius 3 is 2.44 bits per heavy atom. The van der Waals surface area contributed by atoms with Crippen molar-refractivity contribution >= 4 is 84.0 Å². The highest BCUT2D eigenvalue weighted by molar-refractivity contribution is 8.00. The number of carbonyl (C=O) groups excluding carboxylic acids is 3. The molecule has 1 aliphatic carbocycles. The number of fused-ring (bicyclic) bond motifs is 7. The lowest BCUT2D eigenvalue weighted by Gasteiger charge is -2.49. The van der Waals surface area contributed by atoms with Gasteiger partial charge in [0.05, 0.1) is 11.0 Å². The average molecular weight is 1150 g/mol. The zero-order chi connectivity index (χ0) is 56.1. The molecule has 81 heavy (non-hydrogen) atoms. The summed E-state index contributed by atoms with van der Waals surface area (Å²) in [6, 6.07) is 39.3. The van der Waals surface area contributed by atoms with Gasteiger partial charge < -0.3 is 24.5 Å². The Morgan fingerprint density at radius 1 is 0.877 bits per heavy atom. The van der Waals surface area contributed by atoms with E-state index in [4.69, 9.17) is 13.7 Å². The fourth-order valence-corrected chi connectivity index (χ4v) is 15.4. The van der Waals surface area contributed by atoms with Crippen LogP contribution >= 0.6 is 11.8 Å². The summed E-state index contributed by atoms with van der Waals surface area (Å²) >= 11 is 1.24. The van der Waals surface area contributed by atoms with Crippen LogP contribution in [0.5, 0.6) is 5.75 Å². The van der Waals surface area contributed by atoms with Gasteiger partial charge in [-0.3, -0.25) is 19.0 Å². The third-order valence-corrected chi connectivity index (χ3v) is 19.7. The second kappa shape index (κ2) is 20.3. The first-order valence-corrected chi connectivity index (χ1v) is 30.2. The summed E-state index contributed by atoms with van der Waals surface area (Å²) in [6.45, 7) is 1.49. The maximum Gasteiger partial charge on any atom is 0.443 e. The predicted octanol–water partition coefficient (Wildman–Crippen LogP) is 5.08. The van der Waals surface area contributed by atoms with E-state index in [1.165, 1.54) is 34.2 Å². The molecule has 5 aromatic rings. The van der Waals surface area contributed by atoms with Crippen LogP contribution in [0.1, 0.15) is 29.5 Å². The van der Waals surface area contributed by atoms with Gasteiger partial charge in [-0.05, 0) is 66.4 Å². The number of urea groups is 1. The number of nitrogens with zero attached hydrogens (tertiary/aromatic N) is 5. The second-order valence-electron chi connectivity index (χ2n) is 20.9. The molecule has 0 spiro atoms. The molecule has 4 amide bonds. The van der Waals surface area contributed by atoms with Crippen molar-refractivity contribution in [3.8, 4) is 28.2 Å². The van der Waals surface area contributed by atoms with Crippen molar-refractivity contribution in [3.05, 3.63) is 167 Å². The van der Waals surface area contributed by atoms with E-state index >= 15 is 0 Å². The normalized spacial score (nSPS) is 22.1. The zero-order valence-electron chi connectivity index (χ0n) is 43.4. The summed E-state index contributed by atoms with van der Waals surface area (Å²) in [5, 5.41) is 14.5. The molecule has 13 rings (SSSR count). The maximum atomic E-state index is 15.0. The standard InChI is InChI=1S/C58H51N7O13S3/c1-60(30-34-14-19-41(20-15-34)76-32-37-33-79-56-52(55(67)64(56)53(37)57(68)69)59-54(66)47-23-18-40-31-63(47)58(70)65(40)78-81(73,74)75)80(71,72)50-13-7-4-10-44(50)51-42-21-16-38(61-26-24-35-8-2-5-11-45(35)61)28-48(42)77-49-29-39(17-22-43(49)51)62-27-25-36-9-3-6-12-46(36)62/h2-17,19-22,28-29,40,47,52,56H,18,23-27,30-33H2,1H3,(H2-,59,66,68,69,73,74,75)/p+2/t40-,47?,52+,56+/m0/s1. The average Bonchev–Trinajstić information content (AvgIpc) is 4.22. The molecule has 7 heterocycles. The zero-order valence-corrected chi connectivity index (χ0v) is 45.9. The number of sulfonamides is 1. The number of piperidine rings is 1. The first-order chi connectivity index (χ1) is 39.0. The second-order valence-corrected chi connectivity index (χ2v) is 25.0. The summed E-state index contributed by atoms with van der Waals surface area (Å²) in [6.07, 6.45) is 2.19. The van der Waals surface area contributed by atoms with Crippen molar-refractivity contribution in [2.45, 2.75) is 60.6 Å². The van der Waals surface area contributed by atoms with E-state index in [1.807, 2.05) is 48.5 Å². The van der Waals surface area contributed by atoms with Crippen molar-refractivity contribution in [3.63, 3.8) is 0 Å². The Bertz CT molecular complexity index is 4110. The van der Waals surface area contributed by atoms with Gasteiger partial charge in [-0.2, -0.15) is 17.3 Å². The number of β-lactam (4-membered cyclic amide) rings is 1. The number of thioether (sulfide) groups is 1. The van der Waals surface area contributed by atoms with Gasteiger partial charge in [0.15, 0.2) is 12.6 Å². The van der Waals surface area contributed by atoms with Crippen molar-refractivity contribution in [2.75, 3.05) is 43.9 Å². The highest BCUT2D eigenvalue weighted by Gasteiger charge is 2.58. The van der Waals surface area contributed by atoms with Crippen LogP contribution in [0, 0.1) is 0 Å². The summed E-state index contributed by atoms with van der Waals surface area (Å²) in [7, 11) is -7.61. The topological polar surface area (TPSA) is 241 Å². The number of hydroxylamine groups is 2. The largest absolute Gasteiger partial charge is 0.489 e. The molecule has 0 aromatic heterocycles. The molecule has 20 nitrogen and oxygen atoms in total. The number of carboxylic acids is 1. The van der Waals surface area contributed by atoms with Crippen LogP contribution in [-0.4, -0.2) is 127 Å². The third kappa shape index (κ3) is 9.31. The molecule has 5 aromatic carbocycles. The quantitative estimate of drug-likeness (QED) is 0.0481. The lowest BCUT2D eigenvalue weighted by atomic mass is 9.93. The van der Waals surface area contributed by atoms with Gasteiger partial charge in [0.1, 0.15) is 53.4 Å². The van der Waals surface area contributed by atoms with E-state index in [9.17, 15) is 41.1 Å².